The van der Waals surface area contributed by atoms with E-state index in [4.69, 9.17) is 5.11 Å². The third-order valence-corrected chi connectivity index (χ3v) is 2.95. The van der Waals surface area contributed by atoms with Crippen molar-refractivity contribution in [3.05, 3.63) is 42.4 Å². The van der Waals surface area contributed by atoms with Crippen LogP contribution in [0.1, 0.15) is 23.2 Å². The maximum absolute atomic E-state index is 11.1. The molecule has 1 N–H and O–H groups in total. The van der Waals surface area contributed by atoms with Crippen molar-refractivity contribution in [3.63, 3.8) is 0 Å². The zero-order valence-corrected chi connectivity index (χ0v) is 9.58. The minimum atomic E-state index is -0.985. The number of carboxylic acid groups (broad SMARTS) is 1. The van der Waals surface area contributed by atoms with Crippen LogP contribution in [-0.2, 0) is 0 Å². The highest BCUT2D eigenvalue weighted by atomic mass is 16.4. The molecule has 0 bridgehead atoms. The Kier molecular flexibility index (Phi) is 2.44. The fraction of sp³-hybridized carbons (Fsp3) is 0.154. The Labute approximate surface area is 103 Å². The molecule has 2 heterocycles. The van der Waals surface area contributed by atoms with Crippen LogP contribution in [-0.4, -0.2) is 25.8 Å². The third kappa shape index (κ3) is 1.60. The number of allylic oxidation sites excluding steroid dienone is 4. The molecular formula is C13H11N3O2. The summed E-state index contributed by atoms with van der Waals surface area (Å²) in [6.45, 7) is 0. The summed E-state index contributed by atoms with van der Waals surface area (Å²) in [7, 11) is 0. The van der Waals surface area contributed by atoms with Crippen molar-refractivity contribution in [3.8, 4) is 0 Å². The standard InChI is InChI=1S/C13H11N3O2/c17-13(18)11-6-14-8-12-10(11)7-15-16(12)9-4-2-1-3-5-9/h2,4-8H,1,3H2,(H,17,18). The van der Waals surface area contributed by atoms with E-state index in [1.807, 2.05) is 6.08 Å². The van der Waals surface area contributed by atoms with E-state index < -0.39 is 5.97 Å². The van der Waals surface area contributed by atoms with Gasteiger partial charge in [0, 0.05) is 11.6 Å². The van der Waals surface area contributed by atoms with E-state index in [2.05, 4.69) is 22.2 Å². The van der Waals surface area contributed by atoms with E-state index in [1.165, 1.54) is 6.20 Å². The van der Waals surface area contributed by atoms with Crippen molar-refractivity contribution in [2.75, 3.05) is 0 Å². The van der Waals surface area contributed by atoms with E-state index in [9.17, 15) is 4.79 Å². The summed E-state index contributed by atoms with van der Waals surface area (Å²) >= 11 is 0. The maximum Gasteiger partial charge on any atom is 0.338 e. The van der Waals surface area contributed by atoms with Gasteiger partial charge in [-0.25, -0.2) is 9.48 Å². The van der Waals surface area contributed by atoms with Crippen LogP contribution in [0.5, 0.6) is 0 Å². The van der Waals surface area contributed by atoms with Crippen molar-refractivity contribution in [2.24, 2.45) is 0 Å². The van der Waals surface area contributed by atoms with Crippen molar-refractivity contribution < 1.29 is 9.90 Å². The quantitative estimate of drug-likeness (QED) is 0.876. The van der Waals surface area contributed by atoms with Crippen LogP contribution in [0, 0.1) is 0 Å². The highest BCUT2D eigenvalue weighted by Gasteiger charge is 2.14. The van der Waals surface area contributed by atoms with Gasteiger partial charge < -0.3 is 5.11 Å². The van der Waals surface area contributed by atoms with Gasteiger partial charge in [0.25, 0.3) is 0 Å². The van der Waals surface area contributed by atoms with Crippen molar-refractivity contribution in [1.29, 1.82) is 0 Å². The third-order valence-electron chi connectivity index (χ3n) is 2.95. The number of nitrogens with zero attached hydrogens (tertiary/aromatic N) is 3. The van der Waals surface area contributed by atoms with Gasteiger partial charge in [-0.2, -0.15) is 5.10 Å². The van der Waals surface area contributed by atoms with Crippen LogP contribution in [0.15, 0.2) is 36.8 Å². The zero-order chi connectivity index (χ0) is 12.5. The molecule has 2 aromatic rings. The second-order valence-electron chi connectivity index (χ2n) is 4.09. The van der Waals surface area contributed by atoms with Crippen LogP contribution in [0.3, 0.4) is 0 Å². The van der Waals surface area contributed by atoms with Gasteiger partial charge in [0.2, 0.25) is 0 Å². The Bertz CT molecular complexity index is 683. The van der Waals surface area contributed by atoms with E-state index in [0.29, 0.717) is 10.9 Å². The molecule has 0 aromatic carbocycles. The molecule has 0 atom stereocenters. The first-order valence-electron chi connectivity index (χ1n) is 5.69. The molecular weight excluding hydrogens is 230 g/mol. The van der Waals surface area contributed by atoms with Crippen molar-refractivity contribution >= 4 is 22.6 Å². The van der Waals surface area contributed by atoms with Crippen LogP contribution in [0.2, 0.25) is 0 Å². The van der Waals surface area contributed by atoms with E-state index in [1.54, 1.807) is 17.1 Å². The highest BCUT2D eigenvalue weighted by Crippen LogP contribution is 2.22. The molecule has 18 heavy (non-hydrogen) atoms. The number of carboxylic acids is 1. The Morgan fingerprint density at radius 1 is 1.28 bits per heavy atom. The largest absolute Gasteiger partial charge is 0.478 e. The van der Waals surface area contributed by atoms with Gasteiger partial charge in [0.1, 0.15) is 0 Å². The average Bonchev–Trinajstić information content (AvgIpc) is 2.83. The molecule has 0 radical (unpaired) electrons. The van der Waals surface area contributed by atoms with Crippen LogP contribution >= 0.6 is 0 Å². The molecule has 0 saturated carbocycles. The Balaban J connectivity index is 2.21. The van der Waals surface area contributed by atoms with Gasteiger partial charge in [-0.3, -0.25) is 4.98 Å². The first kappa shape index (κ1) is 10.7. The number of hydrogen-bond acceptors (Lipinski definition) is 3. The fourth-order valence-electron chi connectivity index (χ4n) is 2.07. The number of fused-ring (bicyclic) bond motifs is 1. The maximum atomic E-state index is 11.1. The summed E-state index contributed by atoms with van der Waals surface area (Å²) in [6, 6.07) is 0. The summed E-state index contributed by atoms with van der Waals surface area (Å²) in [5.74, 6) is -0.985. The number of aromatic carboxylic acids is 1. The van der Waals surface area contributed by atoms with Crippen molar-refractivity contribution in [2.45, 2.75) is 12.8 Å². The zero-order valence-electron chi connectivity index (χ0n) is 9.58. The molecule has 5 nitrogen and oxygen atoms in total. The predicted molar refractivity (Wildman–Crippen MR) is 67.1 cm³/mol. The number of aromatic nitrogens is 3. The Hall–Kier alpha value is -2.43. The number of carbonyl (C=O) groups is 1. The number of pyridine rings is 1. The SMILES string of the molecule is O=C(O)c1cncc2c1cnn2C1=CCCC=C1. The normalized spacial score (nSPS) is 14.8. The second kappa shape index (κ2) is 4.10. The molecule has 0 fully saturated rings. The van der Waals surface area contributed by atoms with Crippen LogP contribution in [0.4, 0.5) is 0 Å². The second-order valence-corrected chi connectivity index (χ2v) is 4.09. The van der Waals surface area contributed by atoms with Gasteiger partial charge in [0.05, 0.1) is 29.2 Å². The molecule has 3 rings (SSSR count). The first-order valence-corrected chi connectivity index (χ1v) is 5.69. The van der Waals surface area contributed by atoms with Gasteiger partial charge in [-0.1, -0.05) is 12.2 Å². The highest BCUT2D eigenvalue weighted by molar-refractivity contribution is 6.02. The van der Waals surface area contributed by atoms with E-state index >= 15 is 0 Å². The lowest BCUT2D eigenvalue weighted by molar-refractivity contribution is 0.0698. The van der Waals surface area contributed by atoms with Gasteiger partial charge in [-0.15, -0.1) is 0 Å². The summed E-state index contributed by atoms with van der Waals surface area (Å²) in [5.41, 5.74) is 1.85. The molecule has 90 valence electrons. The molecule has 0 amide bonds. The minimum Gasteiger partial charge on any atom is -0.478 e. The number of rotatable bonds is 2. The van der Waals surface area contributed by atoms with Gasteiger partial charge >= 0.3 is 5.97 Å². The lowest BCUT2D eigenvalue weighted by Crippen LogP contribution is -2.01. The fourth-order valence-corrected chi connectivity index (χ4v) is 2.07. The van der Waals surface area contributed by atoms with Gasteiger partial charge in [-0.05, 0) is 18.9 Å². The van der Waals surface area contributed by atoms with Crippen LogP contribution < -0.4 is 0 Å². The average molecular weight is 241 g/mol. The van der Waals surface area contributed by atoms with Gasteiger partial charge in [0.15, 0.2) is 0 Å². The molecule has 0 unspecified atom stereocenters. The minimum absolute atomic E-state index is 0.180. The van der Waals surface area contributed by atoms with Crippen molar-refractivity contribution in [1.82, 2.24) is 14.8 Å². The monoisotopic (exact) mass is 241 g/mol. The molecule has 0 aliphatic heterocycles. The summed E-state index contributed by atoms with van der Waals surface area (Å²) in [5, 5.41) is 14.0. The predicted octanol–water partition coefficient (Wildman–Crippen LogP) is 2.32. The Morgan fingerprint density at radius 3 is 2.89 bits per heavy atom. The molecule has 0 saturated heterocycles. The topological polar surface area (TPSA) is 68.0 Å². The molecule has 5 heteroatoms. The molecule has 0 spiro atoms. The first-order chi connectivity index (χ1) is 8.77. The van der Waals surface area contributed by atoms with Crippen LogP contribution in [0.25, 0.3) is 16.6 Å². The smallest absolute Gasteiger partial charge is 0.338 e. The Morgan fingerprint density at radius 2 is 2.17 bits per heavy atom. The number of hydrogen-bond donors (Lipinski definition) is 1. The molecule has 2 aromatic heterocycles. The lowest BCUT2D eigenvalue weighted by atomic mass is 10.1. The molecule has 1 aliphatic rings. The summed E-state index contributed by atoms with van der Waals surface area (Å²) in [6.07, 6.45) is 12.7. The summed E-state index contributed by atoms with van der Waals surface area (Å²) in [4.78, 5) is 15.1. The summed E-state index contributed by atoms with van der Waals surface area (Å²) < 4.78 is 1.73. The van der Waals surface area contributed by atoms with E-state index in [-0.39, 0.29) is 5.56 Å². The van der Waals surface area contributed by atoms with E-state index in [0.717, 1.165) is 18.5 Å². The lowest BCUT2D eigenvalue weighted by Gasteiger charge is -2.08. The molecule has 1 aliphatic carbocycles.